The molecule has 0 spiro atoms. The Balaban J connectivity index is 2.08. The van der Waals surface area contributed by atoms with Crippen molar-refractivity contribution >= 4 is 27.1 Å². The molecule has 0 unspecified atom stereocenters. The highest BCUT2D eigenvalue weighted by molar-refractivity contribution is 7.95. The first-order valence-corrected chi connectivity index (χ1v) is 7.62. The van der Waals surface area contributed by atoms with Crippen LogP contribution in [0.25, 0.3) is 0 Å². The molecule has 0 aliphatic carbocycles. The predicted octanol–water partition coefficient (Wildman–Crippen LogP) is 3.62. The lowest BCUT2D eigenvalue weighted by Crippen LogP contribution is -2.08. The van der Waals surface area contributed by atoms with Crippen LogP contribution in [0, 0.1) is 6.92 Å². The maximum Gasteiger partial charge on any atom is 0.254 e. The molecule has 0 atom stereocenters. The van der Waals surface area contributed by atoms with Crippen LogP contribution < -0.4 is 10.0 Å². The summed E-state index contributed by atoms with van der Waals surface area (Å²) in [5.74, 6) is 0. The van der Waals surface area contributed by atoms with Crippen molar-refractivity contribution in [2.24, 2.45) is 0 Å². The Morgan fingerprint density at radius 1 is 0.900 bits per heavy atom. The van der Waals surface area contributed by atoms with Crippen molar-refractivity contribution in [2.75, 3.05) is 10.0 Å². The lowest BCUT2D eigenvalue weighted by atomic mass is 10.2. The van der Waals surface area contributed by atoms with E-state index in [2.05, 4.69) is 16.6 Å². The lowest BCUT2D eigenvalue weighted by molar-refractivity contribution is 0.609. The highest BCUT2D eigenvalue weighted by Crippen LogP contribution is 2.19. The Morgan fingerprint density at radius 2 is 1.35 bits per heavy atom. The first-order valence-electron chi connectivity index (χ1n) is 6.07. The van der Waals surface area contributed by atoms with Crippen LogP contribution in [0.4, 0.5) is 17.1 Å². The maximum absolute atomic E-state index is 11.3. The predicted molar refractivity (Wildman–Crippen MR) is 83.6 cm³/mol. The van der Waals surface area contributed by atoms with E-state index < -0.39 is 10.0 Å². The van der Waals surface area contributed by atoms with E-state index in [1.165, 1.54) is 5.56 Å². The third-order valence-corrected chi connectivity index (χ3v) is 3.66. The standard InChI is InChI=1S/C15H16N2O2S/c1-3-20(18,19)17-15-10-8-14(9-11-15)16-13-6-4-12(2)5-7-13/h3-11,16-17H,1H2,2H3. The number of anilines is 3. The van der Waals surface area contributed by atoms with Crippen LogP contribution in [0.3, 0.4) is 0 Å². The Bertz CT molecular complexity index is 690. The number of hydrogen-bond acceptors (Lipinski definition) is 3. The van der Waals surface area contributed by atoms with Gasteiger partial charge in [0.05, 0.1) is 0 Å². The Kier molecular flexibility index (Phi) is 4.10. The van der Waals surface area contributed by atoms with Gasteiger partial charge in [-0.3, -0.25) is 4.72 Å². The molecule has 2 N–H and O–H groups in total. The van der Waals surface area contributed by atoms with E-state index in [1.807, 2.05) is 31.2 Å². The molecular weight excluding hydrogens is 272 g/mol. The third-order valence-electron chi connectivity index (χ3n) is 2.70. The molecule has 0 amide bonds. The fraction of sp³-hybridized carbons (Fsp3) is 0.0667. The summed E-state index contributed by atoms with van der Waals surface area (Å²) in [5.41, 5.74) is 3.56. The van der Waals surface area contributed by atoms with Crippen LogP contribution in [-0.2, 0) is 10.0 Å². The van der Waals surface area contributed by atoms with Crippen molar-refractivity contribution in [3.63, 3.8) is 0 Å². The second kappa shape index (κ2) is 5.79. The molecule has 0 saturated carbocycles. The summed E-state index contributed by atoms with van der Waals surface area (Å²) in [5, 5.41) is 4.12. The molecule has 0 aromatic heterocycles. The highest BCUT2D eigenvalue weighted by Gasteiger charge is 2.03. The van der Waals surface area contributed by atoms with Gasteiger partial charge >= 0.3 is 0 Å². The van der Waals surface area contributed by atoms with Crippen molar-refractivity contribution in [3.8, 4) is 0 Å². The van der Waals surface area contributed by atoms with Crippen molar-refractivity contribution in [2.45, 2.75) is 6.92 Å². The first kappa shape index (κ1) is 14.1. The number of aryl methyl sites for hydroxylation is 1. The zero-order chi connectivity index (χ0) is 14.6. The third kappa shape index (κ3) is 3.86. The van der Waals surface area contributed by atoms with E-state index in [9.17, 15) is 8.42 Å². The fourth-order valence-corrected chi connectivity index (χ4v) is 2.18. The quantitative estimate of drug-likeness (QED) is 0.883. The van der Waals surface area contributed by atoms with E-state index >= 15 is 0 Å². The van der Waals surface area contributed by atoms with Crippen molar-refractivity contribution in [3.05, 3.63) is 66.1 Å². The summed E-state index contributed by atoms with van der Waals surface area (Å²) in [6, 6.07) is 15.0. The first-order chi connectivity index (χ1) is 9.48. The van der Waals surface area contributed by atoms with Crippen molar-refractivity contribution < 1.29 is 8.42 Å². The minimum Gasteiger partial charge on any atom is -0.356 e. The van der Waals surface area contributed by atoms with E-state index in [1.54, 1.807) is 24.3 Å². The van der Waals surface area contributed by atoms with Gasteiger partial charge in [-0.05, 0) is 43.3 Å². The smallest absolute Gasteiger partial charge is 0.254 e. The summed E-state index contributed by atoms with van der Waals surface area (Å²) in [7, 11) is -3.46. The number of rotatable bonds is 5. The van der Waals surface area contributed by atoms with Gasteiger partial charge in [0, 0.05) is 22.5 Å². The molecule has 2 aromatic carbocycles. The van der Waals surface area contributed by atoms with Crippen LogP contribution >= 0.6 is 0 Å². The molecule has 0 fully saturated rings. The van der Waals surface area contributed by atoms with Crippen LogP contribution in [0.15, 0.2) is 60.5 Å². The summed E-state index contributed by atoms with van der Waals surface area (Å²) in [4.78, 5) is 0. The SMILES string of the molecule is C=CS(=O)(=O)Nc1ccc(Nc2ccc(C)cc2)cc1. The Morgan fingerprint density at radius 3 is 1.85 bits per heavy atom. The van der Waals surface area contributed by atoms with Crippen molar-refractivity contribution in [1.29, 1.82) is 0 Å². The molecule has 2 rings (SSSR count). The van der Waals surface area contributed by atoms with Crippen molar-refractivity contribution in [1.82, 2.24) is 0 Å². The molecule has 20 heavy (non-hydrogen) atoms. The van der Waals surface area contributed by atoms with E-state index in [4.69, 9.17) is 0 Å². The molecule has 2 aromatic rings. The molecule has 0 bridgehead atoms. The number of hydrogen-bond donors (Lipinski definition) is 2. The molecule has 5 heteroatoms. The second-order valence-electron chi connectivity index (χ2n) is 4.38. The van der Waals surface area contributed by atoms with Crippen LogP contribution in [0.5, 0.6) is 0 Å². The topological polar surface area (TPSA) is 58.2 Å². The number of benzene rings is 2. The summed E-state index contributed by atoms with van der Waals surface area (Å²) < 4.78 is 25.1. The molecule has 0 saturated heterocycles. The zero-order valence-electron chi connectivity index (χ0n) is 11.1. The Labute approximate surface area is 119 Å². The molecule has 0 heterocycles. The van der Waals surface area contributed by atoms with E-state index in [0.717, 1.165) is 16.8 Å². The van der Waals surface area contributed by atoms with E-state index in [-0.39, 0.29) is 0 Å². The lowest BCUT2D eigenvalue weighted by Gasteiger charge is -2.08. The molecule has 4 nitrogen and oxygen atoms in total. The number of sulfonamides is 1. The fourth-order valence-electron chi connectivity index (χ4n) is 1.63. The zero-order valence-corrected chi connectivity index (χ0v) is 11.9. The molecule has 0 aliphatic heterocycles. The Hall–Kier alpha value is -2.27. The van der Waals surface area contributed by atoms with Gasteiger partial charge in [0.15, 0.2) is 0 Å². The monoisotopic (exact) mass is 288 g/mol. The summed E-state index contributed by atoms with van der Waals surface area (Å²) in [6.07, 6.45) is 0. The molecule has 104 valence electrons. The number of nitrogens with one attached hydrogen (secondary N) is 2. The van der Waals surface area contributed by atoms with Gasteiger partial charge in [0.25, 0.3) is 10.0 Å². The van der Waals surface area contributed by atoms with Gasteiger partial charge in [-0.2, -0.15) is 0 Å². The van der Waals surface area contributed by atoms with Gasteiger partial charge in [0.2, 0.25) is 0 Å². The molecular formula is C15H16N2O2S. The van der Waals surface area contributed by atoms with Crippen LogP contribution in [-0.4, -0.2) is 8.42 Å². The summed E-state index contributed by atoms with van der Waals surface area (Å²) >= 11 is 0. The van der Waals surface area contributed by atoms with Gasteiger partial charge in [-0.1, -0.05) is 24.3 Å². The van der Waals surface area contributed by atoms with Crippen LogP contribution in [0.2, 0.25) is 0 Å². The van der Waals surface area contributed by atoms with Gasteiger partial charge in [0.1, 0.15) is 0 Å². The maximum atomic E-state index is 11.3. The minimum absolute atomic E-state index is 0.499. The normalized spacial score (nSPS) is 10.8. The largest absolute Gasteiger partial charge is 0.356 e. The van der Waals surface area contributed by atoms with Gasteiger partial charge in [-0.15, -0.1) is 0 Å². The molecule has 0 aliphatic rings. The van der Waals surface area contributed by atoms with Gasteiger partial charge < -0.3 is 5.32 Å². The second-order valence-corrected chi connectivity index (χ2v) is 6.01. The average molecular weight is 288 g/mol. The molecule has 0 radical (unpaired) electrons. The van der Waals surface area contributed by atoms with Gasteiger partial charge in [-0.25, -0.2) is 8.42 Å². The average Bonchev–Trinajstić information content (AvgIpc) is 2.43. The van der Waals surface area contributed by atoms with E-state index in [0.29, 0.717) is 5.69 Å². The summed E-state index contributed by atoms with van der Waals surface area (Å²) in [6.45, 7) is 5.28. The van der Waals surface area contributed by atoms with Crippen LogP contribution in [0.1, 0.15) is 5.56 Å². The highest BCUT2D eigenvalue weighted by atomic mass is 32.2. The minimum atomic E-state index is -3.46.